The number of carbonyl (C=O) groups excluding carboxylic acids is 1. The van der Waals surface area contributed by atoms with Gasteiger partial charge in [-0.05, 0) is 57.3 Å². The van der Waals surface area contributed by atoms with E-state index in [9.17, 15) is 4.79 Å². The summed E-state index contributed by atoms with van der Waals surface area (Å²) in [7, 11) is 0. The average Bonchev–Trinajstić information content (AvgIpc) is 3.47. The molecule has 0 bridgehead atoms. The summed E-state index contributed by atoms with van der Waals surface area (Å²) >= 11 is 0. The minimum Gasteiger partial charge on any atom is -0.489 e. The number of esters is 1. The third kappa shape index (κ3) is 5.19. The lowest BCUT2D eigenvalue weighted by atomic mass is 9.89. The molecule has 40 heavy (non-hydrogen) atoms. The second-order valence-corrected chi connectivity index (χ2v) is 9.46. The van der Waals surface area contributed by atoms with E-state index in [-0.39, 0.29) is 6.61 Å². The lowest BCUT2D eigenvalue weighted by molar-refractivity contribution is -0.140. The summed E-state index contributed by atoms with van der Waals surface area (Å²) in [6, 6.07) is 35.0. The molecule has 0 fully saturated rings. The van der Waals surface area contributed by atoms with E-state index in [4.69, 9.17) is 9.47 Å². The van der Waals surface area contributed by atoms with Crippen LogP contribution in [0, 0.1) is 0 Å². The molecule has 0 spiro atoms. The van der Waals surface area contributed by atoms with Crippen LogP contribution in [0.3, 0.4) is 0 Å². The fraction of sp³-hybridized carbons (Fsp3) is 0.125. The van der Waals surface area contributed by atoms with Crippen LogP contribution in [0.15, 0.2) is 120 Å². The Labute approximate surface area is 231 Å². The normalized spacial score (nSPS) is 14.3. The third-order valence-corrected chi connectivity index (χ3v) is 6.82. The molecule has 6 rings (SSSR count). The molecule has 1 N–H and O–H groups in total. The first kappa shape index (κ1) is 25.1. The maximum Gasteiger partial charge on any atom is 0.338 e. The average molecular weight is 530 g/mol. The fourth-order valence-electron chi connectivity index (χ4n) is 4.84. The molecular formula is C32H27N5O3. The van der Waals surface area contributed by atoms with Crippen molar-refractivity contribution in [1.82, 2.24) is 20.2 Å². The van der Waals surface area contributed by atoms with E-state index in [1.165, 1.54) is 0 Å². The molecule has 0 radical (unpaired) electrons. The molecule has 0 saturated heterocycles. The number of carbonyl (C=O) groups is 1. The van der Waals surface area contributed by atoms with Crippen LogP contribution in [0.2, 0.25) is 0 Å². The number of fused-ring (bicyclic) bond motifs is 1. The molecule has 8 heteroatoms. The van der Waals surface area contributed by atoms with Crippen molar-refractivity contribution in [3.8, 4) is 16.9 Å². The van der Waals surface area contributed by atoms with Crippen LogP contribution in [-0.4, -0.2) is 26.2 Å². The Kier molecular flexibility index (Phi) is 7.05. The van der Waals surface area contributed by atoms with Crippen LogP contribution in [0.25, 0.3) is 11.1 Å². The fourth-order valence-corrected chi connectivity index (χ4v) is 4.84. The number of nitrogens with one attached hydrogen (secondary N) is 1. The number of benzene rings is 4. The van der Waals surface area contributed by atoms with E-state index in [2.05, 4.69) is 20.8 Å². The Bertz CT molecular complexity index is 1650. The molecule has 1 aromatic heterocycles. The molecule has 1 aliphatic heterocycles. The van der Waals surface area contributed by atoms with Gasteiger partial charge in [-0.3, -0.25) is 0 Å². The number of nitrogens with zero attached hydrogens (tertiary/aromatic N) is 4. The van der Waals surface area contributed by atoms with E-state index in [0.717, 1.165) is 33.6 Å². The molecule has 8 nitrogen and oxygen atoms in total. The first-order valence-electron chi connectivity index (χ1n) is 13.0. The summed E-state index contributed by atoms with van der Waals surface area (Å²) in [4.78, 5) is 13.6. The number of anilines is 1. The highest BCUT2D eigenvalue weighted by Gasteiger charge is 2.36. The molecule has 0 saturated carbocycles. The third-order valence-electron chi connectivity index (χ3n) is 6.82. The maximum atomic E-state index is 13.6. The second-order valence-electron chi connectivity index (χ2n) is 9.46. The molecule has 0 aliphatic carbocycles. The largest absolute Gasteiger partial charge is 0.489 e. The zero-order valence-electron chi connectivity index (χ0n) is 21.9. The van der Waals surface area contributed by atoms with Crippen LogP contribution in [-0.2, 0) is 22.7 Å². The molecular weight excluding hydrogens is 502 g/mol. The Balaban J connectivity index is 1.31. The van der Waals surface area contributed by atoms with Gasteiger partial charge in [0.1, 0.15) is 25.0 Å². The van der Waals surface area contributed by atoms with E-state index < -0.39 is 12.0 Å². The maximum absolute atomic E-state index is 13.6. The summed E-state index contributed by atoms with van der Waals surface area (Å²) in [5, 5.41) is 15.4. The van der Waals surface area contributed by atoms with Crippen LogP contribution >= 0.6 is 0 Å². The van der Waals surface area contributed by atoms with Crippen molar-refractivity contribution in [3.63, 3.8) is 0 Å². The van der Waals surface area contributed by atoms with Crippen molar-refractivity contribution in [1.29, 1.82) is 0 Å². The Morgan fingerprint density at radius 2 is 1.48 bits per heavy atom. The van der Waals surface area contributed by atoms with Crippen LogP contribution in [0.1, 0.15) is 29.7 Å². The van der Waals surface area contributed by atoms with Gasteiger partial charge in [-0.25, -0.2) is 4.79 Å². The van der Waals surface area contributed by atoms with Gasteiger partial charge in [0.25, 0.3) is 0 Å². The van der Waals surface area contributed by atoms with Gasteiger partial charge in [-0.1, -0.05) is 102 Å². The van der Waals surface area contributed by atoms with Gasteiger partial charge in [0.05, 0.1) is 5.57 Å². The highest BCUT2D eigenvalue weighted by atomic mass is 16.5. The SMILES string of the molecule is CC1=C(C(=O)OCc2ccccc2)C(c2ccccc2-c2ccc(OCc3ccccc3)cc2)n2nnnc2N1. The number of hydrogen-bond donors (Lipinski definition) is 1. The van der Waals surface area contributed by atoms with Crippen LogP contribution < -0.4 is 10.1 Å². The van der Waals surface area contributed by atoms with Gasteiger partial charge in [-0.15, -0.1) is 0 Å². The Hall–Kier alpha value is -5.24. The molecule has 4 aromatic carbocycles. The van der Waals surface area contributed by atoms with Gasteiger partial charge in [0, 0.05) is 5.70 Å². The summed E-state index contributed by atoms with van der Waals surface area (Å²) in [6.45, 7) is 2.50. The number of tetrazole rings is 1. The van der Waals surface area contributed by atoms with Gasteiger partial charge in [-0.2, -0.15) is 4.68 Å². The number of hydrogen-bond acceptors (Lipinski definition) is 7. The molecule has 1 atom stereocenters. The molecule has 1 aliphatic rings. The zero-order valence-corrected chi connectivity index (χ0v) is 21.9. The summed E-state index contributed by atoms with van der Waals surface area (Å²) in [5.41, 5.74) is 5.91. The number of aromatic nitrogens is 4. The van der Waals surface area contributed by atoms with Crippen molar-refractivity contribution < 1.29 is 14.3 Å². The van der Waals surface area contributed by atoms with Crippen LogP contribution in [0.4, 0.5) is 5.95 Å². The van der Waals surface area contributed by atoms with Crippen molar-refractivity contribution in [2.45, 2.75) is 26.2 Å². The standard InChI is InChI=1S/C32H27N5O3/c1-22-29(31(38)40-21-24-12-6-3-7-13-24)30(37-32(33-22)34-35-36-37)28-15-9-8-14-27(28)25-16-18-26(19-17-25)39-20-23-10-4-2-5-11-23/h2-19,30H,20-21H2,1H3,(H,33,34,36). The second kappa shape index (κ2) is 11.2. The summed E-state index contributed by atoms with van der Waals surface area (Å²) < 4.78 is 13.4. The summed E-state index contributed by atoms with van der Waals surface area (Å²) in [5.74, 6) is 0.802. The van der Waals surface area contributed by atoms with E-state index in [1.54, 1.807) is 4.68 Å². The number of rotatable bonds is 8. The van der Waals surface area contributed by atoms with Gasteiger partial charge < -0.3 is 14.8 Å². The van der Waals surface area contributed by atoms with Crippen molar-refractivity contribution in [2.24, 2.45) is 0 Å². The smallest absolute Gasteiger partial charge is 0.338 e. The first-order chi connectivity index (χ1) is 19.7. The molecule has 198 valence electrons. The zero-order chi connectivity index (χ0) is 27.3. The lowest BCUT2D eigenvalue weighted by Crippen LogP contribution is -2.30. The number of allylic oxidation sites excluding steroid dienone is 1. The predicted molar refractivity (Wildman–Crippen MR) is 151 cm³/mol. The first-order valence-corrected chi connectivity index (χ1v) is 13.0. The minimum atomic E-state index is -0.584. The lowest BCUT2D eigenvalue weighted by Gasteiger charge is -2.29. The topological polar surface area (TPSA) is 91.2 Å². The predicted octanol–water partition coefficient (Wildman–Crippen LogP) is 5.95. The quantitative estimate of drug-likeness (QED) is 0.248. The Morgan fingerprint density at radius 3 is 2.20 bits per heavy atom. The van der Waals surface area contributed by atoms with E-state index in [0.29, 0.717) is 23.8 Å². The Morgan fingerprint density at radius 1 is 0.825 bits per heavy atom. The minimum absolute atomic E-state index is 0.164. The molecule has 5 aromatic rings. The van der Waals surface area contributed by atoms with E-state index >= 15 is 0 Å². The molecule has 1 unspecified atom stereocenters. The highest BCUT2D eigenvalue weighted by molar-refractivity contribution is 5.93. The van der Waals surface area contributed by atoms with Gasteiger partial charge in [0.2, 0.25) is 5.95 Å². The van der Waals surface area contributed by atoms with Crippen molar-refractivity contribution in [2.75, 3.05) is 5.32 Å². The molecule has 0 amide bonds. The van der Waals surface area contributed by atoms with Crippen molar-refractivity contribution in [3.05, 3.63) is 137 Å². The number of ether oxygens (including phenoxy) is 2. The van der Waals surface area contributed by atoms with Crippen LogP contribution in [0.5, 0.6) is 5.75 Å². The highest BCUT2D eigenvalue weighted by Crippen LogP contribution is 2.39. The van der Waals surface area contributed by atoms with Gasteiger partial charge >= 0.3 is 5.97 Å². The summed E-state index contributed by atoms with van der Waals surface area (Å²) in [6.07, 6.45) is 0. The molecule has 2 heterocycles. The van der Waals surface area contributed by atoms with E-state index in [1.807, 2.05) is 116 Å². The van der Waals surface area contributed by atoms with Gasteiger partial charge in [0.15, 0.2) is 0 Å². The monoisotopic (exact) mass is 529 g/mol. The van der Waals surface area contributed by atoms with Crippen molar-refractivity contribution >= 4 is 11.9 Å².